The molecule has 1 aliphatic carbocycles. The Kier molecular flexibility index (Phi) is 5.03. The first-order valence-electron chi connectivity index (χ1n) is 6.87. The molecule has 0 aromatic carbocycles. The predicted molar refractivity (Wildman–Crippen MR) is 75.3 cm³/mol. The van der Waals surface area contributed by atoms with Crippen LogP contribution in [0.3, 0.4) is 0 Å². The topological polar surface area (TPSA) is 99.7 Å². The van der Waals surface area contributed by atoms with Crippen LogP contribution in [0.4, 0.5) is 4.79 Å². The van der Waals surface area contributed by atoms with Gasteiger partial charge in [-0.15, -0.1) is 0 Å². The van der Waals surface area contributed by atoms with Gasteiger partial charge in [0.25, 0.3) is 0 Å². The Morgan fingerprint density at radius 3 is 2.16 bits per heavy atom. The zero-order valence-electron chi connectivity index (χ0n) is 12.1. The molecule has 2 amide bonds. The number of amides is 2. The van der Waals surface area contributed by atoms with Gasteiger partial charge in [0.2, 0.25) is 0 Å². The van der Waals surface area contributed by atoms with Gasteiger partial charge in [-0.25, -0.2) is 4.79 Å². The zero-order chi connectivity index (χ0) is 14.5. The smallest absolute Gasteiger partial charge is 0.316 e. The average Bonchev–Trinajstić information content (AvgIpc) is 2.52. The third-order valence-corrected chi connectivity index (χ3v) is 3.40. The zero-order valence-corrected chi connectivity index (χ0v) is 12.1. The summed E-state index contributed by atoms with van der Waals surface area (Å²) in [5.41, 5.74) is 4.78. The van der Waals surface area contributed by atoms with E-state index in [1.54, 1.807) is 0 Å². The number of carbonyl (C=O) groups excluding carboxylic acids is 1. The molecule has 110 valence electrons. The lowest BCUT2D eigenvalue weighted by atomic mass is 9.89. The van der Waals surface area contributed by atoms with Gasteiger partial charge in [-0.2, -0.15) is 0 Å². The van der Waals surface area contributed by atoms with E-state index in [1.165, 1.54) is 0 Å². The van der Waals surface area contributed by atoms with Crippen LogP contribution in [0.2, 0.25) is 0 Å². The molecule has 0 aromatic rings. The molecule has 19 heavy (non-hydrogen) atoms. The maximum absolute atomic E-state index is 12.1. The van der Waals surface area contributed by atoms with Crippen LogP contribution >= 0.6 is 0 Å². The van der Waals surface area contributed by atoms with Crippen molar-refractivity contribution in [1.29, 1.82) is 0 Å². The van der Waals surface area contributed by atoms with Crippen molar-refractivity contribution >= 4 is 11.9 Å². The number of amidine groups is 1. The van der Waals surface area contributed by atoms with Crippen molar-refractivity contribution in [1.82, 2.24) is 10.6 Å². The molecule has 1 saturated carbocycles. The number of carbonyl (C=O) groups is 1. The van der Waals surface area contributed by atoms with Crippen LogP contribution in [0.25, 0.3) is 0 Å². The molecule has 6 heteroatoms. The summed E-state index contributed by atoms with van der Waals surface area (Å²) in [4.78, 5) is 12.1. The second-order valence-corrected chi connectivity index (χ2v) is 6.31. The summed E-state index contributed by atoms with van der Waals surface area (Å²) in [7, 11) is 0. The molecule has 0 aliphatic heterocycles. The maximum Gasteiger partial charge on any atom is 0.316 e. The first-order valence-corrected chi connectivity index (χ1v) is 6.87. The summed E-state index contributed by atoms with van der Waals surface area (Å²) in [6.07, 6.45) is 5.57. The second kappa shape index (κ2) is 6.12. The molecule has 0 saturated heterocycles. The van der Waals surface area contributed by atoms with Crippen molar-refractivity contribution < 1.29 is 10.0 Å². The Morgan fingerprint density at radius 2 is 1.74 bits per heavy atom. The lowest BCUT2D eigenvalue weighted by Crippen LogP contribution is -2.61. The van der Waals surface area contributed by atoms with Gasteiger partial charge in [0, 0.05) is 5.54 Å². The van der Waals surface area contributed by atoms with E-state index in [2.05, 4.69) is 15.8 Å². The van der Waals surface area contributed by atoms with E-state index in [-0.39, 0.29) is 17.4 Å². The summed E-state index contributed by atoms with van der Waals surface area (Å²) >= 11 is 0. The highest BCUT2D eigenvalue weighted by Crippen LogP contribution is 2.27. The van der Waals surface area contributed by atoms with Crippen molar-refractivity contribution in [3.8, 4) is 0 Å². The van der Waals surface area contributed by atoms with Crippen molar-refractivity contribution in [3.63, 3.8) is 0 Å². The first-order chi connectivity index (χ1) is 8.79. The number of nitrogens with one attached hydrogen (secondary N) is 2. The van der Waals surface area contributed by atoms with Crippen molar-refractivity contribution in [3.05, 3.63) is 0 Å². The van der Waals surface area contributed by atoms with Crippen LogP contribution in [0.1, 0.15) is 59.3 Å². The molecule has 0 unspecified atom stereocenters. The normalized spacial score (nSPS) is 20.5. The molecule has 0 heterocycles. The summed E-state index contributed by atoms with van der Waals surface area (Å²) in [6.45, 7) is 5.74. The van der Waals surface area contributed by atoms with Crippen molar-refractivity contribution in [2.45, 2.75) is 70.4 Å². The molecular weight excluding hydrogens is 244 g/mol. The minimum Gasteiger partial charge on any atom is -0.409 e. The minimum absolute atomic E-state index is 0.0958. The lowest BCUT2D eigenvalue weighted by Gasteiger charge is -2.34. The SMILES string of the molecule is CC(C)(C)NC(=O)NC1(/C(N)=N/O)CCCCCC1. The number of nitrogens with zero attached hydrogens (tertiary/aromatic N) is 1. The standard InChI is InChI=1S/C13H26N4O2/c1-12(2,3)15-11(18)16-13(10(14)17-19)8-6-4-5-7-9-13/h19H,4-9H2,1-3H3,(H2,14,17)(H2,15,16,18). The fourth-order valence-corrected chi connectivity index (χ4v) is 2.46. The summed E-state index contributed by atoms with van der Waals surface area (Å²) in [6, 6.07) is -0.277. The van der Waals surface area contributed by atoms with E-state index in [4.69, 9.17) is 10.9 Å². The van der Waals surface area contributed by atoms with Gasteiger partial charge in [0.05, 0.1) is 0 Å². The number of rotatable bonds is 2. The molecule has 0 aromatic heterocycles. The maximum atomic E-state index is 12.1. The number of hydrogen-bond acceptors (Lipinski definition) is 3. The largest absolute Gasteiger partial charge is 0.409 e. The Morgan fingerprint density at radius 1 is 1.21 bits per heavy atom. The third kappa shape index (κ3) is 4.61. The van der Waals surface area contributed by atoms with E-state index >= 15 is 0 Å². The Hall–Kier alpha value is -1.46. The van der Waals surface area contributed by atoms with Crippen LogP contribution in [-0.2, 0) is 0 Å². The van der Waals surface area contributed by atoms with Gasteiger partial charge < -0.3 is 21.6 Å². The van der Waals surface area contributed by atoms with Crippen LogP contribution in [-0.4, -0.2) is 28.2 Å². The number of urea groups is 1. The third-order valence-electron chi connectivity index (χ3n) is 3.40. The highest BCUT2D eigenvalue weighted by molar-refractivity contribution is 5.93. The van der Waals surface area contributed by atoms with Crippen LogP contribution in [0, 0.1) is 0 Å². The van der Waals surface area contributed by atoms with Crippen molar-refractivity contribution in [2.24, 2.45) is 10.9 Å². The highest BCUT2D eigenvalue weighted by Gasteiger charge is 2.37. The van der Waals surface area contributed by atoms with Gasteiger partial charge in [0.15, 0.2) is 5.84 Å². The van der Waals surface area contributed by atoms with Gasteiger partial charge in [-0.1, -0.05) is 30.8 Å². The summed E-state index contributed by atoms with van der Waals surface area (Å²) in [5, 5.41) is 17.9. The van der Waals surface area contributed by atoms with E-state index in [9.17, 15) is 4.79 Å². The van der Waals surface area contributed by atoms with E-state index in [1.807, 2.05) is 20.8 Å². The van der Waals surface area contributed by atoms with Gasteiger partial charge in [-0.05, 0) is 33.6 Å². The van der Waals surface area contributed by atoms with Gasteiger partial charge >= 0.3 is 6.03 Å². The first kappa shape index (κ1) is 15.6. The van der Waals surface area contributed by atoms with Gasteiger partial charge in [0.1, 0.15) is 5.54 Å². The van der Waals surface area contributed by atoms with Crippen LogP contribution in [0.15, 0.2) is 5.16 Å². The molecule has 1 aliphatic rings. The summed E-state index contributed by atoms with van der Waals surface area (Å²) in [5.74, 6) is 0.0958. The monoisotopic (exact) mass is 270 g/mol. The van der Waals surface area contributed by atoms with E-state index in [0.717, 1.165) is 25.7 Å². The summed E-state index contributed by atoms with van der Waals surface area (Å²) < 4.78 is 0. The van der Waals surface area contributed by atoms with E-state index in [0.29, 0.717) is 12.8 Å². The van der Waals surface area contributed by atoms with Crippen LogP contribution in [0.5, 0.6) is 0 Å². The number of hydrogen-bond donors (Lipinski definition) is 4. The molecule has 6 nitrogen and oxygen atoms in total. The molecule has 0 bridgehead atoms. The van der Waals surface area contributed by atoms with Gasteiger partial charge in [-0.3, -0.25) is 0 Å². The molecule has 1 rings (SSSR count). The molecule has 5 N–H and O–H groups in total. The average molecular weight is 270 g/mol. The fraction of sp³-hybridized carbons (Fsp3) is 0.846. The Bertz CT molecular complexity index is 339. The molecule has 0 atom stereocenters. The Labute approximate surface area is 114 Å². The quantitative estimate of drug-likeness (QED) is 0.203. The molecule has 0 radical (unpaired) electrons. The fourth-order valence-electron chi connectivity index (χ4n) is 2.46. The molecule has 1 fully saturated rings. The number of nitrogens with two attached hydrogens (primary N) is 1. The highest BCUT2D eigenvalue weighted by atomic mass is 16.4. The van der Waals surface area contributed by atoms with E-state index < -0.39 is 5.54 Å². The Balaban J connectivity index is 2.83. The lowest BCUT2D eigenvalue weighted by molar-refractivity contribution is 0.220. The molecule has 0 spiro atoms. The molecular formula is C13H26N4O2. The number of oxime groups is 1. The predicted octanol–water partition coefficient (Wildman–Crippen LogP) is 1.92. The second-order valence-electron chi connectivity index (χ2n) is 6.31. The van der Waals surface area contributed by atoms with Crippen LogP contribution < -0.4 is 16.4 Å². The minimum atomic E-state index is -0.722. The van der Waals surface area contributed by atoms with Crippen molar-refractivity contribution in [2.75, 3.05) is 0 Å².